The molecular weight excluding hydrogens is 448 g/mol. The molecule has 1 amide bonds. The lowest BCUT2D eigenvalue weighted by molar-refractivity contribution is -0.131. The summed E-state index contributed by atoms with van der Waals surface area (Å²) in [7, 11) is 0. The average molecular weight is 473 g/mol. The van der Waals surface area contributed by atoms with E-state index in [0.717, 1.165) is 30.0 Å². The Balaban J connectivity index is 2.40. The molecule has 0 atom stereocenters. The molecule has 168 valence electrons. The van der Waals surface area contributed by atoms with Crippen LogP contribution >= 0.6 is 23.4 Å². The Hall–Kier alpha value is -3.03. The van der Waals surface area contributed by atoms with Crippen LogP contribution in [0.4, 0.5) is 0 Å². The van der Waals surface area contributed by atoms with E-state index < -0.39 is 5.97 Å². The van der Waals surface area contributed by atoms with Crippen LogP contribution in [0.3, 0.4) is 0 Å². The number of aliphatic carboxylic acids is 1. The lowest BCUT2D eigenvalue weighted by Gasteiger charge is -2.20. The minimum Gasteiger partial charge on any atom is -0.478 e. The first-order chi connectivity index (χ1) is 15.3. The molecule has 1 aromatic carbocycles. The summed E-state index contributed by atoms with van der Waals surface area (Å²) in [6, 6.07) is 5.00. The van der Waals surface area contributed by atoms with Crippen LogP contribution in [0.25, 0.3) is 6.08 Å². The maximum Gasteiger partial charge on any atom is 0.331 e. The van der Waals surface area contributed by atoms with Crippen molar-refractivity contribution in [3.05, 3.63) is 82.1 Å². The van der Waals surface area contributed by atoms with Crippen molar-refractivity contribution < 1.29 is 19.4 Å². The van der Waals surface area contributed by atoms with Gasteiger partial charge in [0.2, 0.25) is 0 Å². The number of carboxylic acid groups (broad SMARTS) is 1. The maximum absolute atomic E-state index is 13.3. The molecule has 32 heavy (non-hydrogen) atoms. The zero-order valence-corrected chi connectivity index (χ0v) is 19.7. The van der Waals surface area contributed by atoms with Crippen LogP contribution in [0.15, 0.2) is 76.5 Å². The number of aliphatic imine (C=N–C) groups is 1. The van der Waals surface area contributed by atoms with Crippen molar-refractivity contribution in [3.63, 3.8) is 0 Å². The van der Waals surface area contributed by atoms with Crippen LogP contribution in [0.2, 0.25) is 5.02 Å². The van der Waals surface area contributed by atoms with Crippen LogP contribution in [0.1, 0.15) is 32.8 Å². The monoisotopic (exact) mass is 472 g/mol. The maximum atomic E-state index is 13.3. The van der Waals surface area contributed by atoms with E-state index in [1.54, 1.807) is 41.3 Å². The second-order valence-electron chi connectivity index (χ2n) is 6.62. The second kappa shape index (κ2) is 12.1. The number of halogens is 1. The number of nitrogens with zero attached hydrogens (tertiary/aromatic N) is 2. The van der Waals surface area contributed by atoms with Gasteiger partial charge in [-0.2, -0.15) is 0 Å². The number of amidine groups is 1. The van der Waals surface area contributed by atoms with Gasteiger partial charge in [-0.3, -0.25) is 14.7 Å². The molecule has 1 aromatic rings. The molecule has 1 saturated heterocycles. The molecular formula is C24H25ClN2O4S. The summed E-state index contributed by atoms with van der Waals surface area (Å²) < 4.78 is 5.23. The number of ether oxygens (including phenoxy) is 1. The lowest BCUT2D eigenvalue weighted by Crippen LogP contribution is -2.29. The van der Waals surface area contributed by atoms with Gasteiger partial charge in [0.05, 0.1) is 28.0 Å². The van der Waals surface area contributed by atoms with Gasteiger partial charge in [-0.15, -0.1) is 0 Å². The van der Waals surface area contributed by atoms with Gasteiger partial charge in [0, 0.05) is 6.54 Å². The van der Waals surface area contributed by atoms with Crippen molar-refractivity contribution >= 4 is 46.5 Å². The minimum absolute atomic E-state index is 0.181. The molecule has 0 unspecified atom stereocenters. The molecule has 1 N–H and O–H groups in total. The summed E-state index contributed by atoms with van der Waals surface area (Å²) in [6.07, 6.45) is 9.90. The van der Waals surface area contributed by atoms with Gasteiger partial charge in [0.25, 0.3) is 5.91 Å². The van der Waals surface area contributed by atoms with Crippen molar-refractivity contribution in [2.24, 2.45) is 4.99 Å². The number of hydrogen-bond acceptors (Lipinski definition) is 5. The van der Waals surface area contributed by atoms with E-state index >= 15 is 0 Å². The molecule has 0 spiro atoms. The molecule has 1 aliphatic rings. The van der Waals surface area contributed by atoms with E-state index in [0.29, 0.717) is 33.0 Å². The molecule has 0 radical (unpaired) electrons. The van der Waals surface area contributed by atoms with Crippen LogP contribution in [-0.4, -0.2) is 33.6 Å². The van der Waals surface area contributed by atoms with Crippen molar-refractivity contribution in [2.45, 2.75) is 27.2 Å². The largest absolute Gasteiger partial charge is 0.478 e. The lowest BCUT2D eigenvalue weighted by atomic mass is 10.1. The Kier molecular flexibility index (Phi) is 9.56. The molecule has 1 aliphatic heterocycles. The fourth-order valence-corrected chi connectivity index (χ4v) is 3.89. The standard InChI is InChI=1S/C24H25ClN2O4S/c1-5-8-19(16(4)7-3)27-23(30)21(32-24(27)26-12-6-2)15-17-9-10-20(18(25)14-17)31-13-11-22(28)29/h5,7-11,13-15H,1,6,12H2,2-4H3,(H,28,29)/b13-11-,16-7-,19-8+,21-15-,26-24?. The molecule has 1 heterocycles. The number of carbonyl (C=O) groups excluding carboxylic acids is 1. The Morgan fingerprint density at radius 3 is 2.75 bits per heavy atom. The first kappa shape index (κ1) is 25.2. The van der Waals surface area contributed by atoms with E-state index in [-0.39, 0.29) is 5.91 Å². The van der Waals surface area contributed by atoms with Crippen molar-refractivity contribution in [3.8, 4) is 5.75 Å². The number of hydrogen-bond donors (Lipinski definition) is 1. The Morgan fingerprint density at radius 2 is 2.16 bits per heavy atom. The van der Waals surface area contributed by atoms with E-state index in [9.17, 15) is 9.59 Å². The molecule has 6 nitrogen and oxygen atoms in total. The minimum atomic E-state index is -1.12. The van der Waals surface area contributed by atoms with Crippen molar-refractivity contribution in [2.75, 3.05) is 6.54 Å². The summed E-state index contributed by atoms with van der Waals surface area (Å²) in [6.45, 7) is 10.3. The number of carbonyl (C=O) groups is 2. The predicted octanol–water partition coefficient (Wildman–Crippen LogP) is 6.04. The zero-order valence-electron chi connectivity index (χ0n) is 18.2. The summed E-state index contributed by atoms with van der Waals surface area (Å²) in [4.78, 5) is 30.6. The fourth-order valence-electron chi connectivity index (χ4n) is 2.66. The summed E-state index contributed by atoms with van der Waals surface area (Å²) in [5, 5.41) is 9.54. The Morgan fingerprint density at radius 1 is 1.41 bits per heavy atom. The van der Waals surface area contributed by atoms with Gasteiger partial charge in [0.1, 0.15) is 5.75 Å². The number of carboxylic acids is 1. The third-order valence-electron chi connectivity index (χ3n) is 4.29. The van der Waals surface area contributed by atoms with Gasteiger partial charge in [0.15, 0.2) is 5.17 Å². The highest BCUT2D eigenvalue weighted by Crippen LogP contribution is 2.37. The summed E-state index contributed by atoms with van der Waals surface area (Å²) >= 11 is 7.56. The highest BCUT2D eigenvalue weighted by molar-refractivity contribution is 8.18. The highest BCUT2D eigenvalue weighted by Gasteiger charge is 2.35. The van der Waals surface area contributed by atoms with Gasteiger partial charge in [-0.25, -0.2) is 4.79 Å². The third kappa shape index (κ3) is 6.48. The first-order valence-corrected chi connectivity index (χ1v) is 11.1. The van der Waals surface area contributed by atoms with E-state index in [1.807, 2.05) is 26.8 Å². The van der Waals surface area contributed by atoms with E-state index in [4.69, 9.17) is 21.4 Å². The topological polar surface area (TPSA) is 79.2 Å². The molecule has 0 saturated carbocycles. The number of allylic oxidation sites excluding steroid dienone is 4. The molecule has 0 aromatic heterocycles. The average Bonchev–Trinajstić information content (AvgIpc) is 3.06. The number of rotatable bonds is 9. The van der Waals surface area contributed by atoms with Crippen molar-refractivity contribution in [1.82, 2.24) is 4.90 Å². The Bertz CT molecular complexity index is 1050. The second-order valence-corrected chi connectivity index (χ2v) is 8.04. The van der Waals surface area contributed by atoms with Crippen LogP contribution in [0.5, 0.6) is 5.75 Å². The highest BCUT2D eigenvalue weighted by atomic mass is 35.5. The SMILES string of the molecule is C=C/C=C(\C(C)=C/C)N1C(=O)/C(=C/c2ccc(O/C=C\C(=O)O)c(Cl)c2)SC1=NCCC. The van der Waals surface area contributed by atoms with E-state index in [1.165, 1.54) is 11.8 Å². The van der Waals surface area contributed by atoms with E-state index in [2.05, 4.69) is 11.6 Å². The quantitative estimate of drug-likeness (QED) is 0.269. The molecule has 0 aliphatic carbocycles. The number of amides is 1. The van der Waals surface area contributed by atoms with Crippen LogP contribution in [-0.2, 0) is 9.59 Å². The molecule has 1 fully saturated rings. The van der Waals surface area contributed by atoms with Crippen molar-refractivity contribution in [1.29, 1.82) is 0 Å². The van der Waals surface area contributed by atoms with Gasteiger partial charge < -0.3 is 9.84 Å². The fraction of sp³-hybridized carbons (Fsp3) is 0.208. The predicted molar refractivity (Wildman–Crippen MR) is 132 cm³/mol. The molecule has 2 rings (SSSR count). The molecule has 8 heteroatoms. The first-order valence-electron chi connectivity index (χ1n) is 9.92. The Labute approximate surface area is 197 Å². The number of thioether (sulfide) groups is 1. The third-order valence-corrected chi connectivity index (χ3v) is 5.59. The van der Waals surface area contributed by atoms with Crippen LogP contribution < -0.4 is 4.74 Å². The molecule has 0 bridgehead atoms. The van der Waals surface area contributed by atoms with Gasteiger partial charge >= 0.3 is 5.97 Å². The summed E-state index contributed by atoms with van der Waals surface area (Å²) in [5.74, 6) is -0.995. The van der Waals surface area contributed by atoms with Crippen LogP contribution in [0, 0.1) is 0 Å². The normalized spacial score (nSPS) is 17.6. The smallest absolute Gasteiger partial charge is 0.331 e. The zero-order chi connectivity index (χ0) is 23.7. The van der Waals surface area contributed by atoms with Gasteiger partial charge in [-0.1, -0.05) is 43.3 Å². The number of benzene rings is 1. The van der Waals surface area contributed by atoms with Gasteiger partial charge in [-0.05, 0) is 67.5 Å². The summed E-state index contributed by atoms with van der Waals surface area (Å²) in [5.41, 5.74) is 2.36.